The topological polar surface area (TPSA) is 72.5 Å². The third-order valence-electron chi connectivity index (χ3n) is 2.75. The van der Waals surface area contributed by atoms with E-state index in [-0.39, 0.29) is 17.3 Å². The van der Waals surface area contributed by atoms with E-state index >= 15 is 0 Å². The molecule has 2 aromatic rings. The molecule has 5 nitrogen and oxygen atoms in total. The van der Waals surface area contributed by atoms with Crippen molar-refractivity contribution in [2.45, 2.75) is 18.7 Å². The second-order valence-corrected chi connectivity index (χ2v) is 6.16. The maximum atomic E-state index is 13.8. The highest BCUT2D eigenvalue weighted by atomic mass is 32.2. The van der Waals surface area contributed by atoms with Gasteiger partial charge in [0.05, 0.1) is 5.69 Å². The van der Waals surface area contributed by atoms with Gasteiger partial charge in [-0.05, 0) is 36.8 Å². The number of rotatable bonds is 4. The molecule has 2 aromatic carbocycles. The average molecular weight is 323 g/mol. The number of anilines is 1. The minimum Gasteiger partial charge on any atom is -0.377 e. The number of amides is 1. The number of aryl methyl sites for hydroxylation is 1. The number of carbonyl (C=O) groups excluding carboxylic acids is 1. The van der Waals surface area contributed by atoms with E-state index in [1.165, 1.54) is 25.1 Å². The third-order valence-corrected chi connectivity index (χ3v) is 4.02. The molecular formula is C15H14FNO4S. The molecule has 0 aliphatic heterocycles. The summed E-state index contributed by atoms with van der Waals surface area (Å²) < 4.78 is 43.2. The summed E-state index contributed by atoms with van der Waals surface area (Å²) in [5, 5.41) is 2.45. The first kappa shape index (κ1) is 16.0. The predicted molar refractivity (Wildman–Crippen MR) is 79.7 cm³/mol. The molecule has 0 spiro atoms. The van der Waals surface area contributed by atoms with Crippen molar-refractivity contribution in [3.8, 4) is 5.75 Å². The van der Waals surface area contributed by atoms with E-state index in [1.807, 2.05) is 0 Å². The Morgan fingerprint density at radius 2 is 1.86 bits per heavy atom. The largest absolute Gasteiger partial charge is 0.377 e. The highest BCUT2D eigenvalue weighted by molar-refractivity contribution is 7.87. The van der Waals surface area contributed by atoms with Crippen LogP contribution in [0.25, 0.3) is 0 Å². The van der Waals surface area contributed by atoms with Gasteiger partial charge in [-0.1, -0.05) is 18.2 Å². The number of hydrogen-bond acceptors (Lipinski definition) is 4. The molecule has 116 valence electrons. The average Bonchev–Trinajstić information content (AvgIpc) is 2.39. The predicted octanol–water partition coefficient (Wildman–Crippen LogP) is 2.86. The van der Waals surface area contributed by atoms with Gasteiger partial charge in [0, 0.05) is 6.92 Å². The number of carbonyl (C=O) groups is 1. The summed E-state index contributed by atoms with van der Waals surface area (Å²) in [5.41, 5.74) is 0.779. The smallest absolute Gasteiger partial charge is 0.342 e. The van der Waals surface area contributed by atoms with Gasteiger partial charge in [-0.25, -0.2) is 4.39 Å². The maximum absolute atomic E-state index is 13.8. The molecular weight excluding hydrogens is 309 g/mol. The first-order valence-electron chi connectivity index (χ1n) is 6.37. The van der Waals surface area contributed by atoms with Crippen LogP contribution in [0, 0.1) is 12.7 Å². The van der Waals surface area contributed by atoms with E-state index in [4.69, 9.17) is 4.18 Å². The Bertz CT molecular complexity index is 818. The summed E-state index contributed by atoms with van der Waals surface area (Å²) in [4.78, 5) is 10.6. The van der Waals surface area contributed by atoms with Crippen LogP contribution in [0.3, 0.4) is 0 Å². The zero-order valence-corrected chi connectivity index (χ0v) is 12.8. The Labute approximate surface area is 127 Å². The van der Waals surface area contributed by atoms with Gasteiger partial charge < -0.3 is 9.50 Å². The molecule has 0 aliphatic rings. The number of para-hydroxylation sites is 2. The van der Waals surface area contributed by atoms with Crippen molar-refractivity contribution >= 4 is 21.7 Å². The number of hydrogen-bond donors (Lipinski definition) is 1. The van der Waals surface area contributed by atoms with Gasteiger partial charge in [-0.3, -0.25) is 4.79 Å². The minimum absolute atomic E-state index is 0.0855. The van der Waals surface area contributed by atoms with Crippen LogP contribution in [-0.2, 0) is 14.9 Å². The van der Waals surface area contributed by atoms with Crippen LogP contribution in [0.2, 0.25) is 0 Å². The van der Waals surface area contributed by atoms with Gasteiger partial charge in [-0.15, -0.1) is 0 Å². The SMILES string of the molecule is CC(=O)Nc1ccccc1OS(=O)(=O)c1ccc(C)cc1F. The maximum Gasteiger partial charge on any atom is 0.342 e. The highest BCUT2D eigenvalue weighted by Gasteiger charge is 2.22. The monoisotopic (exact) mass is 323 g/mol. The second kappa shape index (κ2) is 6.15. The Kier molecular flexibility index (Phi) is 4.46. The molecule has 2 rings (SSSR count). The van der Waals surface area contributed by atoms with E-state index in [9.17, 15) is 17.6 Å². The lowest BCUT2D eigenvalue weighted by Gasteiger charge is -2.12. The standard InChI is InChI=1S/C15H14FNO4S/c1-10-7-8-15(12(16)9-10)22(19,20)21-14-6-4-3-5-13(14)17-11(2)18/h3-9H,1-2H3,(H,17,18). The van der Waals surface area contributed by atoms with Crippen LogP contribution in [0.5, 0.6) is 5.75 Å². The van der Waals surface area contributed by atoms with Crippen molar-refractivity contribution in [1.29, 1.82) is 0 Å². The lowest BCUT2D eigenvalue weighted by atomic mass is 10.2. The molecule has 0 saturated carbocycles. The van der Waals surface area contributed by atoms with Gasteiger partial charge in [0.15, 0.2) is 5.75 Å². The fourth-order valence-corrected chi connectivity index (χ4v) is 2.81. The van der Waals surface area contributed by atoms with Crippen molar-refractivity contribution in [2.24, 2.45) is 0 Å². The van der Waals surface area contributed by atoms with Crippen molar-refractivity contribution in [3.63, 3.8) is 0 Å². The van der Waals surface area contributed by atoms with Crippen LogP contribution in [0.4, 0.5) is 10.1 Å². The summed E-state index contributed by atoms with van der Waals surface area (Å²) in [6.45, 7) is 2.93. The van der Waals surface area contributed by atoms with Crippen LogP contribution in [0.15, 0.2) is 47.4 Å². The molecule has 0 aromatic heterocycles. The summed E-state index contributed by atoms with van der Waals surface area (Å²) in [6.07, 6.45) is 0. The fourth-order valence-electron chi connectivity index (χ4n) is 1.80. The summed E-state index contributed by atoms with van der Waals surface area (Å²) in [5.74, 6) is -1.36. The Morgan fingerprint density at radius 3 is 2.50 bits per heavy atom. The van der Waals surface area contributed by atoms with E-state index in [2.05, 4.69) is 5.32 Å². The van der Waals surface area contributed by atoms with Crippen molar-refractivity contribution in [3.05, 3.63) is 53.8 Å². The molecule has 0 saturated heterocycles. The summed E-state index contributed by atoms with van der Waals surface area (Å²) in [7, 11) is -4.35. The highest BCUT2D eigenvalue weighted by Crippen LogP contribution is 2.28. The fraction of sp³-hybridized carbons (Fsp3) is 0.133. The van der Waals surface area contributed by atoms with Gasteiger partial charge in [-0.2, -0.15) is 8.42 Å². The number of nitrogens with one attached hydrogen (secondary N) is 1. The molecule has 22 heavy (non-hydrogen) atoms. The third kappa shape index (κ3) is 3.62. The van der Waals surface area contributed by atoms with Crippen molar-refractivity contribution in [1.82, 2.24) is 0 Å². The van der Waals surface area contributed by atoms with E-state index in [1.54, 1.807) is 19.1 Å². The van der Waals surface area contributed by atoms with Crippen LogP contribution >= 0.6 is 0 Å². The summed E-state index contributed by atoms with van der Waals surface area (Å²) in [6, 6.07) is 9.72. The molecule has 0 fully saturated rings. The van der Waals surface area contributed by atoms with Gasteiger partial charge >= 0.3 is 10.1 Å². The van der Waals surface area contributed by atoms with Crippen molar-refractivity contribution < 1.29 is 21.8 Å². The number of benzene rings is 2. The first-order valence-corrected chi connectivity index (χ1v) is 7.77. The van der Waals surface area contributed by atoms with Crippen LogP contribution in [0.1, 0.15) is 12.5 Å². The zero-order valence-electron chi connectivity index (χ0n) is 12.0. The lowest BCUT2D eigenvalue weighted by Crippen LogP contribution is -2.14. The Balaban J connectivity index is 2.39. The quantitative estimate of drug-likeness (QED) is 0.878. The zero-order chi connectivity index (χ0) is 16.3. The van der Waals surface area contributed by atoms with E-state index in [0.29, 0.717) is 5.56 Å². The molecule has 0 unspecified atom stereocenters. The minimum atomic E-state index is -4.35. The molecule has 0 heterocycles. The first-order chi connectivity index (χ1) is 10.3. The van der Waals surface area contributed by atoms with Crippen molar-refractivity contribution in [2.75, 3.05) is 5.32 Å². The van der Waals surface area contributed by atoms with Gasteiger partial charge in [0.25, 0.3) is 0 Å². The normalized spacial score (nSPS) is 11.0. The molecule has 1 amide bonds. The van der Waals surface area contributed by atoms with Crippen LogP contribution in [-0.4, -0.2) is 14.3 Å². The molecule has 0 radical (unpaired) electrons. The molecule has 1 N–H and O–H groups in total. The van der Waals surface area contributed by atoms with E-state index in [0.717, 1.165) is 12.1 Å². The summed E-state index contributed by atoms with van der Waals surface area (Å²) >= 11 is 0. The van der Waals surface area contributed by atoms with Gasteiger partial charge in [0.2, 0.25) is 5.91 Å². The number of halogens is 1. The van der Waals surface area contributed by atoms with E-state index < -0.39 is 20.8 Å². The second-order valence-electron chi connectivity index (χ2n) is 4.65. The Morgan fingerprint density at radius 1 is 1.18 bits per heavy atom. The Hall–Kier alpha value is -2.41. The van der Waals surface area contributed by atoms with Gasteiger partial charge in [0.1, 0.15) is 10.7 Å². The van der Waals surface area contributed by atoms with Crippen LogP contribution < -0.4 is 9.50 Å². The molecule has 7 heteroatoms. The molecule has 0 aliphatic carbocycles. The molecule has 0 atom stereocenters. The lowest BCUT2D eigenvalue weighted by molar-refractivity contribution is -0.114. The molecule has 0 bridgehead atoms.